The van der Waals surface area contributed by atoms with Gasteiger partial charge in [-0.2, -0.15) is 0 Å². The minimum absolute atomic E-state index is 0.00712. The summed E-state index contributed by atoms with van der Waals surface area (Å²) in [7, 11) is 0. The molecular weight excluding hydrogens is 376 g/mol. The molecule has 2 aliphatic rings. The highest BCUT2D eigenvalue weighted by molar-refractivity contribution is 6.00. The highest BCUT2D eigenvalue weighted by atomic mass is 16.2. The van der Waals surface area contributed by atoms with Gasteiger partial charge in [0.05, 0.1) is 5.92 Å². The molecule has 4 rings (SSSR count). The maximum Gasteiger partial charge on any atom is 0.227 e. The Kier molecular flexibility index (Phi) is 6.02. The average molecular weight is 407 g/mol. The van der Waals surface area contributed by atoms with Gasteiger partial charge < -0.3 is 15.1 Å². The Hall–Kier alpha value is -2.89. The van der Waals surface area contributed by atoms with Crippen LogP contribution in [0.3, 0.4) is 0 Å². The van der Waals surface area contributed by atoms with Crippen LogP contribution >= 0.6 is 0 Å². The third kappa shape index (κ3) is 4.48. The molecule has 0 aliphatic carbocycles. The van der Waals surface area contributed by atoms with E-state index in [4.69, 9.17) is 0 Å². The fraction of sp³-hybridized carbons (Fsp3) is 0.458. The standard InChI is InChI=1S/C24H30N4O2/c1-17(2)19-6-5-7-21(12-19)28-16-20(13-23(28)29)24(30)26-15-18-8-9-22(25-14-18)27-10-3-4-11-27/h5-9,12,14,17,20H,3-4,10-11,13,15-16H2,1-2H3,(H,26,30). The van der Waals surface area contributed by atoms with Crippen LogP contribution in [0.15, 0.2) is 42.6 Å². The molecule has 3 heterocycles. The first kappa shape index (κ1) is 20.4. The fourth-order valence-corrected chi connectivity index (χ4v) is 4.17. The summed E-state index contributed by atoms with van der Waals surface area (Å²) in [6, 6.07) is 12.1. The van der Waals surface area contributed by atoms with E-state index in [9.17, 15) is 9.59 Å². The van der Waals surface area contributed by atoms with Gasteiger partial charge in [0.15, 0.2) is 0 Å². The molecule has 2 fully saturated rings. The van der Waals surface area contributed by atoms with Crippen molar-refractivity contribution in [3.8, 4) is 0 Å². The molecule has 1 unspecified atom stereocenters. The monoisotopic (exact) mass is 406 g/mol. The van der Waals surface area contributed by atoms with Gasteiger partial charge >= 0.3 is 0 Å². The molecule has 1 N–H and O–H groups in total. The predicted octanol–water partition coefficient (Wildman–Crippen LogP) is 3.47. The maximum absolute atomic E-state index is 12.7. The average Bonchev–Trinajstić information content (AvgIpc) is 3.42. The molecule has 2 aliphatic heterocycles. The van der Waals surface area contributed by atoms with Crippen molar-refractivity contribution in [1.29, 1.82) is 0 Å². The zero-order chi connectivity index (χ0) is 21.1. The summed E-state index contributed by atoms with van der Waals surface area (Å²) < 4.78 is 0. The normalized spacial score (nSPS) is 19.0. The third-order valence-corrected chi connectivity index (χ3v) is 6.05. The van der Waals surface area contributed by atoms with Gasteiger partial charge in [-0.15, -0.1) is 0 Å². The van der Waals surface area contributed by atoms with Crippen molar-refractivity contribution in [2.45, 2.75) is 45.6 Å². The first-order valence-corrected chi connectivity index (χ1v) is 10.9. The molecule has 0 radical (unpaired) electrons. The minimum atomic E-state index is -0.322. The third-order valence-electron chi connectivity index (χ3n) is 6.05. The van der Waals surface area contributed by atoms with Gasteiger partial charge in [0, 0.05) is 44.5 Å². The molecule has 0 saturated carbocycles. The maximum atomic E-state index is 12.7. The van der Waals surface area contributed by atoms with Crippen LogP contribution in [-0.2, 0) is 16.1 Å². The van der Waals surface area contributed by atoms with Crippen LogP contribution in [0.2, 0.25) is 0 Å². The number of carbonyl (C=O) groups is 2. The Morgan fingerprint density at radius 2 is 2.00 bits per heavy atom. The van der Waals surface area contributed by atoms with Crippen LogP contribution in [0.5, 0.6) is 0 Å². The van der Waals surface area contributed by atoms with E-state index in [2.05, 4.69) is 41.2 Å². The molecule has 2 amide bonds. The van der Waals surface area contributed by atoms with Gasteiger partial charge in [-0.05, 0) is 48.1 Å². The van der Waals surface area contributed by atoms with Gasteiger partial charge in [-0.1, -0.05) is 32.0 Å². The summed E-state index contributed by atoms with van der Waals surface area (Å²) in [5.74, 6) is 1.01. The topological polar surface area (TPSA) is 65.5 Å². The number of benzene rings is 1. The number of nitrogens with zero attached hydrogens (tertiary/aromatic N) is 3. The smallest absolute Gasteiger partial charge is 0.227 e. The van der Waals surface area contributed by atoms with Crippen LogP contribution in [0.4, 0.5) is 11.5 Å². The SMILES string of the molecule is CC(C)c1cccc(N2CC(C(=O)NCc3ccc(N4CCCC4)nc3)CC2=O)c1. The van der Waals surface area contributed by atoms with E-state index < -0.39 is 0 Å². The van der Waals surface area contributed by atoms with Crippen LogP contribution in [-0.4, -0.2) is 36.4 Å². The van der Waals surface area contributed by atoms with Crippen LogP contribution in [0, 0.1) is 5.92 Å². The van der Waals surface area contributed by atoms with Crippen LogP contribution in [0.1, 0.15) is 50.2 Å². The molecule has 1 aromatic carbocycles. The van der Waals surface area contributed by atoms with Gasteiger partial charge in [0.2, 0.25) is 11.8 Å². The minimum Gasteiger partial charge on any atom is -0.357 e. The van der Waals surface area contributed by atoms with E-state index in [0.29, 0.717) is 19.0 Å². The number of rotatable bonds is 6. The summed E-state index contributed by atoms with van der Waals surface area (Å²) in [6.07, 6.45) is 4.53. The van der Waals surface area contributed by atoms with E-state index in [1.807, 2.05) is 30.5 Å². The number of carbonyl (C=O) groups excluding carboxylic acids is 2. The molecule has 158 valence electrons. The van der Waals surface area contributed by atoms with Gasteiger partial charge in [-0.3, -0.25) is 9.59 Å². The number of amides is 2. The Bertz CT molecular complexity index is 904. The molecule has 6 heteroatoms. The molecule has 0 bridgehead atoms. The molecule has 2 aromatic rings. The van der Waals surface area contributed by atoms with Crippen molar-refractivity contribution in [2.75, 3.05) is 29.4 Å². The van der Waals surface area contributed by atoms with E-state index >= 15 is 0 Å². The van der Waals surface area contributed by atoms with Crippen molar-refractivity contribution in [3.63, 3.8) is 0 Å². The Morgan fingerprint density at radius 1 is 1.20 bits per heavy atom. The van der Waals surface area contributed by atoms with Crippen molar-refractivity contribution in [3.05, 3.63) is 53.7 Å². The van der Waals surface area contributed by atoms with Gasteiger partial charge in [0.1, 0.15) is 5.82 Å². The number of nitrogens with one attached hydrogen (secondary N) is 1. The number of anilines is 2. The molecule has 6 nitrogen and oxygen atoms in total. The second-order valence-electron chi connectivity index (χ2n) is 8.59. The Morgan fingerprint density at radius 3 is 2.70 bits per heavy atom. The first-order chi connectivity index (χ1) is 14.5. The van der Waals surface area contributed by atoms with Crippen LogP contribution < -0.4 is 15.1 Å². The van der Waals surface area contributed by atoms with Gasteiger partial charge in [-0.25, -0.2) is 4.98 Å². The Labute approximate surface area is 178 Å². The molecule has 0 spiro atoms. The summed E-state index contributed by atoms with van der Waals surface area (Å²) in [5.41, 5.74) is 3.04. The second-order valence-corrected chi connectivity index (χ2v) is 8.59. The van der Waals surface area contributed by atoms with Crippen LogP contribution in [0.25, 0.3) is 0 Å². The fourth-order valence-electron chi connectivity index (χ4n) is 4.17. The van der Waals surface area contributed by atoms with Crippen molar-refractivity contribution in [2.24, 2.45) is 5.92 Å². The van der Waals surface area contributed by atoms with Crippen molar-refractivity contribution in [1.82, 2.24) is 10.3 Å². The molecular formula is C24H30N4O2. The summed E-state index contributed by atoms with van der Waals surface area (Å²) in [6.45, 7) is 7.25. The quantitative estimate of drug-likeness (QED) is 0.798. The number of hydrogen-bond donors (Lipinski definition) is 1. The largest absolute Gasteiger partial charge is 0.357 e. The molecule has 1 atom stereocenters. The summed E-state index contributed by atoms with van der Waals surface area (Å²) in [4.78, 5) is 33.8. The van der Waals surface area contributed by atoms with E-state index in [-0.39, 0.29) is 24.2 Å². The zero-order valence-corrected chi connectivity index (χ0v) is 17.8. The molecule has 30 heavy (non-hydrogen) atoms. The number of aromatic nitrogens is 1. The lowest BCUT2D eigenvalue weighted by molar-refractivity contribution is -0.126. The van der Waals surface area contributed by atoms with Gasteiger partial charge in [0.25, 0.3) is 0 Å². The lowest BCUT2D eigenvalue weighted by atomic mass is 10.0. The first-order valence-electron chi connectivity index (χ1n) is 10.9. The Balaban J connectivity index is 1.33. The van der Waals surface area contributed by atoms with E-state index in [1.54, 1.807) is 4.90 Å². The predicted molar refractivity (Wildman–Crippen MR) is 119 cm³/mol. The molecule has 2 saturated heterocycles. The lowest BCUT2D eigenvalue weighted by Crippen LogP contribution is -2.32. The summed E-state index contributed by atoms with van der Waals surface area (Å²) >= 11 is 0. The molecule has 1 aromatic heterocycles. The van der Waals surface area contributed by atoms with E-state index in [1.165, 1.54) is 18.4 Å². The van der Waals surface area contributed by atoms with Crippen molar-refractivity contribution >= 4 is 23.3 Å². The van der Waals surface area contributed by atoms with Crippen molar-refractivity contribution < 1.29 is 9.59 Å². The summed E-state index contributed by atoms with van der Waals surface area (Å²) in [5, 5.41) is 2.98. The second kappa shape index (κ2) is 8.86. The zero-order valence-electron chi connectivity index (χ0n) is 17.8. The number of hydrogen-bond acceptors (Lipinski definition) is 4. The highest BCUT2D eigenvalue weighted by Gasteiger charge is 2.35. The number of pyridine rings is 1. The lowest BCUT2D eigenvalue weighted by Gasteiger charge is -2.18. The van der Waals surface area contributed by atoms with E-state index in [0.717, 1.165) is 30.2 Å². The highest BCUT2D eigenvalue weighted by Crippen LogP contribution is 2.28.